The number of imide groups is 1. The molecular weight excluding hydrogens is 352 g/mol. The van der Waals surface area contributed by atoms with Gasteiger partial charge >= 0.3 is 6.03 Å². The van der Waals surface area contributed by atoms with Gasteiger partial charge in [0, 0.05) is 42.7 Å². The highest BCUT2D eigenvalue weighted by Crippen LogP contribution is 2.30. The average Bonchev–Trinajstić information content (AvgIpc) is 3.35. The van der Waals surface area contributed by atoms with Crippen molar-refractivity contribution in [1.29, 1.82) is 0 Å². The standard InChI is InChI=1S/C22H24N4O2/c1-15(21(27)26-12-11-23-22(26)28)24-13-18(16-7-3-2-4-8-16)19-14-25-20-10-6-5-9-17(19)20/h2-10,14-15,18,24-25H,11-13H2,1H3,(H,23,28)/t15-,18+/m1/s1. The van der Waals surface area contributed by atoms with Gasteiger partial charge in [-0.15, -0.1) is 0 Å². The second kappa shape index (κ2) is 7.86. The van der Waals surface area contributed by atoms with Crippen molar-refractivity contribution in [1.82, 2.24) is 20.5 Å². The zero-order chi connectivity index (χ0) is 19.5. The summed E-state index contributed by atoms with van der Waals surface area (Å²) in [6, 6.07) is 17.7. The van der Waals surface area contributed by atoms with Crippen LogP contribution in [0.25, 0.3) is 10.9 Å². The second-order valence-electron chi connectivity index (χ2n) is 7.10. The van der Waals surface area contributed by atoms with Gasteiger partial charge in [-0.2, -0.15) is 0 Å². The minimum atomic E-state index is -0.444. The molecule has 4 rings (SSSR count). The molecule has 0 aliphatic carbocycles. The molecule has 2 heterocycles. The minimum Gasteiger partial charge on any atom is -0.361 e. The first-order valence-electron chi connectivity index (χ1n) is 9.58. The fraction of sp³-hybridized carbons (Fsp3) is 0.273. The van der Waals surface area contributed by atoms with Crippen molar-refractivity contribution in [2.45, 2.75) is 18.9 Å². The van der Waals surface area contributed by atoms with Crippen LogP contribution in [0.4, 0.5) is 4.79 Å². The maximum atomic E-state index is 12.6. The first-order valence-corrected chi connectivity index (χ1v) is 9.58. The first kappa shape index (κ1) is 18.3. The lowest BCUT2D eigenvalue weighted by Crippen LogP contribution is -2.47. The van der Waals surface area contributed by atoms with Crippen molar-refractivity contribution in [2.75, 3.05) is 19.6 Å². The van der Waals surface area contributed by atoms with E-state index in [-0.39, 0.29) is 17.9 Å². The van der Waals surface area contributed by atoms with E-state index in [9.17, 15) is 9.59 Å². The van der Waals surface area contributed by atoms with E-state index < -0.39 is 6.04 Å². The van der Waals surface area contributed by atoms with Gasteiger partial charge in [0.2, 0.25) is 5.91 Å². The molecule has 0 saturated carbocycles. The van der Waals surface area contributed by atoms with Crippen LogP contribution in [0.15, 0.2) is 60.8 Å². The van der Waals surface area contributed by atoms with E-state index >= 15 is 0 Å². The lowest BCUT2D eigenvalue weighted by molar-refractivity contribution is -0.129. The molecule has 1 saturated heterocycles. The van der Waals surface area contributed by atoms with Crippen LogP contribution in [-0.2, 0) is 4.79 Å². The van der Waals surface area contributed by atoms with Crippen molar-refractivity contribution >= 4 is 22.8 Å². The number of H-pyrrole nitrogens is 1. The number of hydrogen-bond acceptors (Lipinski definition) is 3. The molecule has 1 fully saturated rings. The number of carbonyl (C=O) groups is 2. The summed E-state index contributed by atoms with van der Waals surface area (Å²) in [4.78, 5) is 29.0. The van der Waals surface area contributed by atoms with E-state index in [0.29, 0.717) is 19.6 Å². The maximum Gasteiger partial charge on any atom is 0.324 e. The number of carbonyl (C=O) groups excluding carboxylic acids is 2. The van der Waals surface area contributed by atoms with Crippen LogP contribution in [0.3, 0.4) is 0 Å². The largest absolute Gasteiger partial charge is 0.361 e. The van der Waals surface area contributed by atoms with E-state index in [1.807, 2.05) is 43.5 Å². The number of nitrogens with zero attached hydrogens (tertiary/aromatic N) is 1. The molecule has 0 bridgehead atoms. The highest BCUT2D eigenvalue weighted by Gasteiger charge is 2.30. The lowest BCUT2D eigenvalue weighted by atomic mass is 9.90. The van der Waals surface area contributed by atoms with Crippen molar-refractivity contribution in [3.8, 4) is 0 Å². The number of urea groups is 1. The van der Waals surface area contributed by atoms with Gasteiger partial charge in [0.1, 0.15) is 0 Å². The number of hydrogen-bond donors (Lipinski definition) is 3. The highest BCUT2D eigenvalue weighted by atomic mass is 16.2. The quantitative estimate of drug-likeness (QED) is 0.619. The number of benzene rings is 2. The smallest absolute Gasteiger partial charge is 0.324 e. The summed E-state index contributed by atoms with van der Waals surface area (Å²) in [5, 5.41) is 7.20. The molecule has 1 aliphatic heterocycles. The van der Waals surface area contributed by atoms with Gasteiger partial charge < -0.3 is 15.6 Å². The van der Waals surface area contributed by atoms with Crippen molar-refractivity contribution in [2.24, 2.45) is 0 Å². The summed E-state index contributed by atoms with van der Waals surface area (Å²) in [5.41, 5.74) is 3.46. The van der Waals surface area contributed by atoms with E-state index in [4.69, 9.17) is 0 Å². The highest BCUT2D eigenvalue weighted by molar-refractivity contribution is 5.98. The monoisotopic (exact) mass is 376 g/mol. The van der Waals surface area contributed by atoms with E-state index in [1.165, 1.54) is 21.4 Å². The predicted molar refractivity (Wildman–Crippen MR) is 109 cm³/mol. The van der Waals surface area contributed by atoms with Crippen molar-refractivity contribution < 1.29 is 9.59 Å². The summed E-state index contributed by atoms with van der Waals surface area (Å²) < 4.78 is 0. The van der Waals surface area contributed by atoms with Gasteiger partial charge in [-0.05, 0) is 24.1 Å². The third-order valence-corrected chi connectivity index (χ3v) is 5.32. The maximum absolute atomic E-state index is 12.6. The van der Waals surface area contributed by atoms with E-state index in [2.05, 4.69) is 39.9 Å². The Balaban J connectivity index is 1.57. The van der Waals surface area contributed by atoms with Gasteiger partial charge in [0.15, 0.2) is 0 Å². The molecule has 3 aromatic rings. The Bertz CT molecular complexity index is 982. The Hall–Kier alpha value is -3.12. The van der Waals surface area contributed by atoms with Gasteiger partial charge in [0.25, 0.3) is 0 Å². The summed E-state index contributed by atoms with van der Waals surface area (Å²) in [5.74, 6) is -0.110. The van der Waals surface area contributed by atoms with Crippen molar-refractivity contribution in [3.63, 3.8) is 0 Å². The molecule has 3 N–H and O–H groups in total. The molecule has 1 aromatic heterocycles. The average molecular weight is 376 g/mol. The fourth-order valence-corrected chi connectivity index (χ4v) is 3.77. The molecule has 0 unspecified atom stereocenters. The molecule has 3 amide bonds. The number of fused-ring (bicyclic) bond motifs is 1. The number of aromatic nitrogens is 1. The summed E-state index contributed by atoms with van der Waals surface area (Å²) in [7, 11) is 0. The Morgan fingerprint density at radius 3 is 2.64 bits per heavy atom. The lowest BCUT2D eigenvalue weighted by Gasteiger charge is -2.23. The van der Waals surface area contributed by atoms with Crippen LogP contribution in [0.5, 0.6) is 0 Å². The van der Waals surface area contributed by atoms with E-state index in [1.54, 1.807) is 0 Å². The molecule has 0 radical (unpaired) electrons. The molecule has 2 atom stereocenters. The third-order valence-electron chi connectivity index (χ3n) is 5.32. The molecular formula is C22H24N4O2. The van der Waals surface area contributed by atoms with Gasteiger partial charge in [-0.1, -0.05) is 48.5 Å². The molecule has 144 valence electrons. The number of rotatable bonds is 6. The summed E-state index contributed by atoms with van der Waals surface area (Å²) in [6.45, 7) is 3.34. The summed E-state index contributed by atoms with van der Waals surface area (Å²) in [6.07, 6.45) is 2.05. The van der Waals surface area contributed by atoms with Crippen molar-refractivity contribution in [3.05, 3.63) is 71.9 Å². The zero-order valence-corrected chi connectivity index (χ0v) is 15.8. The Morgan fingerprint density at radius 2 is 1.89 bits per heavy atom. The molecule has 28 heavy (non-hydrogen) atoms. The molecule has 0 spiro atoms. The number of amides is 3. The van der Waals surface area contributed by atoms with Gasteiger partial charge in [-0.3, -0.25) is 9.69 Å². The molecule has 2 aromatic carbocycles. The first-order chi connectivity index (χ1) is 13.6. The molecule has 1 aliphatic rings. The van der Waals surface area contributed by atoms with Crippen LogP contribution in [0, 0.1) is 0 Å². The number of nitrogens with one attached hydrogen (secondary N) is 3. The predicted octanol–water partition coefficient (Wildman–Crippen LogP) is 2.83. The Labute approximate surface area is 163 Å². The SMILES string of the molecule is C[C@@H](NC[C@@H](c1ccccc1)c1c[nH]c2ccccc12)C(=O)N1CCNC1=O. The minimum absolute atomic E-state index is 0.0833. The normalized spacial score (nSPS) is 16.2. The summed E-state index contributed by atoms with van der Waals surface area (Å²) >= 11 is 0. The number of para-hydroxylation sites is 1. The fourth-order valence-electron chi connectivity index (χ4n) is 3.77. The van der Waals surface area contributed by atoms with Gasteiger partial charge in [0.05, 0.1) is 6.04 Å². The van der Waals surface area contributed by atoms with E-state index in [0.717, 1.165) is 5.52 Å². The van der Waals surface area contributed by atoms with Crippen LogP contribution in [0.1, 0.15) is 24.0 Å². The zero-order valence-electron chi connectivity index (χ0n) is 15.8. The van der Waals surface area contributed by atoms with Crippen LogP contribution in [-0.4, -0.2) is 47.5 Å². The van der Waals surface area contributed by atoms with Crippen LogP contribution >= 0.6 is 0 Å². The second-order valence-corrected chi connectivity index (χ2v) is 7.10. The molecule has 6 heteroatoms. The van der Waals surface area contributed by atoms with Crippen LogP contribution in [0.2, 0.25) is 0 Å². The Kier molecular flexibility index (Phi) is 5.12. The topological polar surface area (TPSA) is 77.2 Å². The number of aromatic amines is 1. The Morgan fingerprint density at radius 1 is 1.14 bits per heavy atom. The molecule has 6 nitrogen and oxygen atoms in total. The van der Waals surface area contributed by atoms with Crippen LogP contribution < -0.4 is 10.6 Å². The third kappa shape index (κ3) is 3.51. The van der Waals surface area contributed by atoms with Gasteiger partial charge in [-0.25, -0.2) is 4.79 Å².